The van der Waals surface area contributed by atoms with Gasteiger partial charge in [-0.1, -0.05) is 0 Å². The molecule has 0 spiro atoms. The van der Waals surface area contributed by atoms with Crippen LogP contribution in [0.1, 0.15) is 13.8 Å². The smallest absolute Gasteiger partial charge is 0.232 e. The fourth-order valence-corrected chi connectivity index (χ4v) is 0.691. The molecule has 0 aliphatic carbocycles. The zero-order valence-electron chi connectivity index (χ0n) is 7.66. The van der Waals surface area contributed by atoms with Gasteiger partial charge in [0.1, 0.15) is 0 Å². The second-order valence-corrected chi connectivity index (χ2v) is 3.48. The minimum absolute atomic E-state index is 0.184. The van der Waals surface area contributed by atoms with Crippen molar-refractivity contribution in [2.45, 2.75) is 13.8 Å². The second-order valence-electron chi connectivity index (χ2n) is 3.48. The van der Waals surface area contributed by atoms with Crippen molar-refractivity contribution >= 4 is 11.6 Å². The first-order valence-electron chi connectivity index (χ1n) is 3.97. The van der Waals surface area contributed by atoms with E-state index in [-0.39, 0.29) is 12.5 Å². The summed E-state index contributed by atoms with van der Waals surface area (Å²) in [4.78, 5) is 11.5. The van der Waals surface area contributed by atoms with Gasteiger partial charge in [-0.25, -0.2) is 0 Å². The van der Waals surface area contributed by atoms with E-state index in [1.807, 2.05) is 0 Å². The fraction of sp³-hybridized carbons (Fsp3) is 0.500. The van der Waals surface area contributed by atoms with Crippen molar-refractivity contribution in [3.05, 3.63) is 12.4 Å². The number of rotatable bonds is 3. The van der Waals surface area contributed by atoms with E-state index in [2.05, 4.69) is 15.5 Å². The number of hydrogen-bond acceptors (Lipinski definition) is 3. The van der Waals surface area contributed by atoms with E-state index >= 15 is 0 Å². The maximum atomic E-state index is 11.5. The van der Waals surface area contributed by atoms with Crippen LogP contribution in [-0.2, 0) is 4.79 Å². The monoisotopic (exact) mass is 183 g/mol. The number of carbonyl (C=O) groups excluding carboxylic acids is 1. The minimum Gasteiger partial charge on any atom is -0.395 e. The normalized spacial score (nSPS) is 11.3. The molecule has 1 heterocycles. The minimum atomic E-state index is -0.767. The molecule has 0 saturated heterocycles. The number of nitrogens with zero attached hydrogens (tertiary/aromatic N) is 1. The van der Waals surface area contributed by atoms with Crippen LogP contribution in [0.5, 0.6) is 0 Å². The summed E-state index contributed by atoms with van der Waals surface area (Å²) in [7, 11) is 0. The summed E-state index contributed by atoms with van der Waals surface area (Å²) in [5.74, 6) is -0.226. The van der Waals surface area contributed by atoms with E-state index in [0.29, 0.717) is 5.69 Å². The van der Waals surface area contributed by atoms with Crippen molar-refractivity contribution in [2.75, 3.05) is 11.9 Å². The van der Waals surface area contributed by atoms with E-state index in [4.69, 9.17) is 5.11 Å². The van der Waals surface area contributed by atoms with E-state index in [1.54, 1.807) is 20.0 Å². The Bertz CT molecular complexity index is 280. The third-order valence-corrected chi connectivity index (χ3v) is 1.77. The third kappa shape index (κ3) is 2.29. The molecule has 13 heavy (non-hydrogen) atoms. The lowest BCUT2D eigenvalue weighted by atomic mass is 9.94. The van der Waals surface area contributed by atoms with Crippen LogP contribution < -0.4 is 5.32 Å². The lowest BCUT2D eigenvalue weighted by Crippen LogP contribution is -2.33. The molecule has 5 nitrogen and oxygen atoms in total. The van der Waals surface area contributed by atoms with Gasteiger partial charge in [-0.15, -0.1) is 0 Å². The molecule has 0 aliphatic heterocycles. The van der Waals surface area contributed by atoms with Gasteiger partial charge < -0.3 is 10.4 Å². The Hall–Kier alpha value is -1.36. The number of aliphatic hydroxyl groups is 1. The largest absolute Gasteiger partial charge is 0.395 e. The van der Waals surface area contributed by atoms with Crippen LogP contribution in [0.3, 0.4) is 0 Å². The van der Waals surface area contributed by atoms with Gasteiger partial charge in [0, 0.05) is 6.20 Å². The van der Waals surface area contributed by atoms with E-state index in [9.17, 15) is 4.79 Å². The quantitative estimate of drug-likeness (QED) is 0.633. The van der Waals surface area contributed by atoms with Crippen LogP contribution in [0.25, 0.3) is 0 Å². The van der Waals surface area contributed by atoms with Crippen LogP contribution in [0.15, 0.2) is 12.4 Å². The molecule has 0 atom stereocenters. The van der Waals surface area contributed by atoms with Crippen LogP contribution in [0.4, 0.5) is 5.69 Å². The Morgan fingerprint density at radius 2 is 2.46 bits per heavy atom. The Kier molecular flexibility index (Phi) is 2.67. The molecular weight excluding hydrogens is 170 g/mol. The first-order chi connectivity index (χ1) is 6.06. The highest BCUT2D eigenvalue weighted by Gasteiger charge is 2.26. The number of amides is 1. The first kappa shape index (κ1) is 9.73. The van der Waals surface area contributed by atoms with Crippen molar-refractivity contribution in [3.63, 3.8) is 0 Å². The van der Waals surface area contributed by atoms with E-state index in [1.165, 1.54) is 6.20 Å². The summed E-state index contributed by atoms with van der Waals surface area (Å²) in [6.07, 6.45) is 3.08. The molecule has 0 unspecified atom stereocenters. The van der Waals surface area contributed by atoms with Gasteiger partial charge in [0.2, 0.25) is 5.91 Å². The van der Waals surface area contributed by atoms with Crippen LogP contribution >= 0.6 is 0 Å². The topological polar surface area (TPSA) is 78.0 Å². The Balaban J connectivity index is 2.61. The molecule has 1 amide bonds. The summed E-state index contributed by atoms with van der Waals surface area (Å²) in [6.45, 7) is 3.15. The highest BCUT2D eigenvalue weighted by atomic mass is 16.3. The molecule has 0 aliphatic rings. The third-order valence-electron chi connectivity index (χ3n) is 1.77. The number of H-pyrrole nitrogens is 1. The highest BCUT2D eigenvalue weighted by molar-refractivity contribution is 5.94. The highest BCUT2D eigenvalue weighted by Crippen LogP contribution is 2.16. The summed E-state index contributed by atoms with van der Waals surface area (Å²) in [5.41, 5.74) is -0.163. The molecular formula is C8H13N3O2. The standard InChI is InChI=1S/C8H13N3O2/c1-8(2,5-12)7(13)11-6-3-9-10-4-6/h3-4,12H,5H2,1-2H3,(H,9,10)(H,11,13). The lowest BCUT2D eigenvalue weighted by Gasteiger charge is -2.19. The van der Waals surface area contributed by atoms with Gasteiger partial charge in [-0.05, 0) is 13.8 Å². The van der Waals surface area contributed by atoms with E-state index in [0.717, 1.165) is 0 Å². The Morgan fingerprint density at radius 3 is 2.92 bits per heavy atom. The van der Waals surface area contributed by atoms with Crippen molar-refractivity contribution in [1.29, 1.82) is 0 Å². The molecule has 1 aromatic rings. The van der Waals surface area contributed by atoms with E-state index < -0.39 is 5.41 Å². The van der Waals surface area contributed by atoms with Gasteiger partial charge >= 0.3 is 0 Å². The van der Waals surface area contributed by atoms with Crippen LogP contribution in [0, 0.1) is 5.41 Å². The molecule has 0 aromatic carbocycles. The summed E-state index contributed by atoms with van der Waals surface area (Å²) in [6, 6.07) is 0. The maximum absolute atomic E-state index is 11.5. The lowest BCUT2D eigenvalue weighted by molar-refractivity contribution is -0.125. The molecule has 5 heteroatoms. The first-order valence-corrected chi connectivity index (χ1v) is 3.97. The van der Waals surface area contributed by atoms with Crippen LogP contribution in [0.2, 0.25) is 0 Å². The number of hydrogen-bond donors (Lipinski definition) is 3. The van der Waals surface area contributed by atoms with Crippen molar-refractivity contribution in [1.82, 2.24) is 10.2 Å². The average Bonchev–Trinajstić information content (AvgIpc) is 2.57. The molecule has 72 valence electrons. The zero-order valence-corrected chi connectivity index (χ0v) is 7.66. The van der Waals surface area contributed by atoms with Crippen LogP contribution in [-0.4, -0.2) is 27.8 Å². The summed E-state index contributed by atoms with van der Waals surface area (Å²) < 4.78 is 0. The number of aromatic amines is 1. The zero-order chi connectivity index (χ0) is 9.90. The Labute approximate surface area is 76.2 Å². The fourth-order valence-electron chi connectivity index (χ4n) is 0.691. The number of aliphatic hydroxyl groups excluding tert-OH is 1. The van der Waals surface area contributed by atoms with Gasteiger partial charge in [-0.3, -0.25) is 9.89 Å². The predicted molar refractivity (Wildman–Crippen MR) is 48.1 cm³/mol. The summed E-state index contributed by atoms with van der Waals surface area (Å²) in [5, 5.41) is 17.8. The van der Waals surface area contributed by atoms with Crippen molar-refractivity contribution in [2.24, 2.45) is 5.41 Å². The molecule has 1 rings (SSSR count). The predicted octanol–water partition coefficient (Wildman–Crippen LogP) is 0.367. The number of anilines is 1. The van der Waals surface area contributed by atoms with Crippen molar-refractivity contribution < 1.29 is 9.90 Å². The SMILES string of the molecule is CC(C)(CO)C(=O)Nc1cn[nH]c1. The number of carbonyl (C=O) groups is 1. The molecule has 0 fully saturated rings. The summed E-state index contributed by atoms with van der Waals surface area (Å²) >= 11 is 0. The molecule has 0 saturated carbocycles. The number of nitrogens with one attached hydrogen (secondary N) is 2. The average molecular weight is 183 g/mol. The molecule has 0 bridgehead atoms. The second kappa shape index (κ2) is 3.57. The van der Waals surface area contributed by atoms with Gasteiger partial charge in [0.15, 0.2) is 0 Å². The maximum Gasteiger partial charge on any atom is 0.232 e. The van der Waals surface area contributed by atoms with Gasteiger partial charge in [-0.2, -0.15) is 5.10 Å². The molecule has 1 aromatic heterocycles. The van der Waals surface area contributed by atoms with Gasteiger partial charge in [0.05, 0.1) is 23.9 Å². The van der Waals surface area contributed by atoms with Gasteiger partial charge in [0.25, 0.3) is 0 Å². The molecule has 3 N–H and O–H groups in total. The Morgan fingerprint density at radius 1 is 1.77 bits per heavy atom. The van der Waals surface area contributed by atoms with Crippen molar-refractivity contribution in [3.8, 4) is 0 Å². The number of aromatic nitrogens is 2. The molecule has 0 radical (unpaired) electrons.